The summed E-state index contributed by atoms with van der Waals surface area (Å²) < 4.78 is 0. The molecule has 12 heavy (non-hydrogen) atoms. The van der Waals surface area contributed by atoms with E-state index in [4.69, 9.17) is 16.7 Å². The first-order valence-electron chi connectivity index (χ1n) is 3.59. The molecule has 1 N–H and O–H groups in total. The Bertz CT molecular complexity index is 277. The molecule has 0 spiro atoms. The lowest BCUT2D eigenvalue weighted by molar-refractivity contribution is 0.0779. The molecule has 0 aromatic heterocycles. The second kappa shape index (κ2) is 3.70. The average molecular weight is 185 g/mol. The first-order chi connectivity index (χ1) is 5.61. The minimum Gasteiger partial charge on any atom is -0.385 e. The summed E-state index contributed by atoms with van der Waals surface area (Å²) in [5.74, 6) is -0.285. The van der Waals surface area contributed by atoms with Crippen LogP contribution in [0.2, 0.25) is 5.02 Å². The first kappa shape index (κ1) is 9.23. The van der Waals surface area contributed by atoms with Crippen molar-refractivity contribution in [3.8, 4) is 0 Å². The van der Waals surface area contributed by atoms with Crippen molar-refractivity contribution in [2.45, 2.75) is 13.0 Å². The number of Topliss-reactive ketones (excluding diaryl/α,β-unsaturated/α-hetero) is 1. The van der Waals surface area contributed by atoms with Gasteiger partial charge in [-0.15, -0.1) is 0 Å². The highest BCUT2D eigenvalue weighted by molar-refractivity contribution is 6.30. The molecular weight excluding hydrogens is 176 g/mol. The number of aliphatic hydroxyl groups excluding tert-OH is 1. The van der Waals surface area contributed by atoms with Gasteiger partial charge in [0, 0.05) is 10.6 Å². The van der Waals surface area contributed by atoms with Crippen molar-refractivity contribution in [3.63, 3.8) is 0 Å². The van der Waals surface area contributed by atoms with Crippen molar-refractivity contribution in [2.24, 2.45) is 0 Å². The number of halogens is 1. The standard InChI is InChI=1S/C9H9ClO2/c1-6(11)9(12)7-2-4-8(10)5-3-7/h2-6,11H,1H3/t6-/m0/s1. The second-order valence-electron chi connectivity index (χ2n) is 2.55. The van der Waals surface area contributed by atoms with E-state index in [9.17, 15) is 4.79 Å². The van der Waals surface area contributed by atoms with E-state index in [1.807, 2.05) is 0 Å². The molecular formula is C9H9ClO2. The number of aliphatic hydroxyl groups is 1. The smallest absolute Gasteiger partial charge is 0.190 e. The lowest BCUT2D eigenvalue weighted by Crippen LogP contribution is -2.15. The molecule has 1 aromatic rings. The summed E-state index contributed by atoms with van der Waals surface area (Å²) in [7, 11) is 0. The predicted molar refractivity (Wildman–Crippen MR) is 47.5 cm³/mol. The third-order valence-electron chi connectivity index (χ3n) is 1.51. The highest BCUT2D eigenvalue weighted by atomic mass is 35.5. The van der Waals surface area contributed by atoms with E-state index in [1.54, 1.807) is 24.3 Å². The molecule has 0 fully saturated rings. The van der Waals surface area contributed by atoms with E-state index in [0.717, 1.165) is 0 Å². The Morgan fingerprint density at radius 1 is 1.42 bits per heavy atom. The Morgan fingerprint density at radius 2 is 1.92 bits per heavy atom. The van der Waals surface area contributed by atoms with Gasteiger partial charge in [-0.1, -0.05) is 11.6 Å². The first-order valence-corrected chi connectivity index (χ1v) is 3.97. The molecule has 0 saturated carbocycles. The Hall–Kier alpha value is -0.860. The lowest BCUT2D eigenvalue weighted by Gasteiger charge is -2.02. The van der Waals surface area contributed by atoms with E-state index >= 15 is 0 Å². The van der Waals surface area contributed by atoms with Crippen LogP contribution in [0.15, 0.2) is 24.3 Å². The van der Waals surface area contributed by atoms with E-state index in [0.29, 0.717) is 10.6 Å². The Balaban J connectivity index is 2.90. The highest BCUT2D eigenvalue weighted by Crippen LogP contribution is 2.10. The van der Waals surface area contributed by atoms with Gasteiger partial charge in [0.05, 0.1) is 0 Å². The zero-order valence-electron chi connectivity index (χ0n) is 6.62. The molecule has 0 saturated heterocycles. The summed E-state index contributed by atoms with van der Waals surface area (Å²) in [5, 5.41) is 9.54. The predicted octanol–water partition coefficient (Wildman–Crippen LogP) is 1.90. The Labute approximate surface area is 75.8 Å². The highest BCUT2D eigenvalue weighted by Gasteiger charge is 2.10. The molecule has 0 bridgehead atoms. The fraction of sp³-hybridized carbons (Fsp3) is 0.222. The average Bonchev–Trinajstić information content (AvgIpc) is 2.04. The van der Waals surface area contributed by atoms with E-state index in [1.165, 1.54) is 6.92 Å². The normalized spacial score (nSPS) is 12.6. The zero-order chi connectivity index (χ0) is 9.14. The molecule has 0 amide bonds. The molecule has 0 radical (unpaired) electrons. The van der Waals surface area contributed by atoms with Crippen LogP contribution in [0, 0.1) is 0 Å². The molecule has 1 aromatic carbocycles. The van der Waals surface area contributed by atoms with E-state index < -0.39 is 6.10 Å². The summed E-state index contributed by atoms with van der Waals surface area (Å²) in [5.41, 5.74) is 0.481. The SMILES string of the molecule is C[C@H](O)C(=O)c1ccc(Cl)cc1. The van der Waals surface area contributed by atoms with Gasteiger partial charge in [0.25, 0.3) is 0 Å². The molecule has 0 heterocycles. The van der Waals surface area contributed by atoms with Crippen LogP contribution < -0.4 is 0 Å². The van der Waals surface area contributed by atoms with Crippen LogP contribution in [0.25, 0.3) is 0 Å². The van der Waals surface area contributed by atoms with Gasteiger partial charge >= 0.3 is 0 Å². The third kappa shape index (κ3) is 2.06. The maximum absolute atomic E-state index is 11.2. The monoisotopic (exact) mass is 184 g/mol. The molecule has 0 aliphatic heterocycles. The minimum absolute atomic E-state index is 0.285. The fourth-order valence-corrected chi connectivity index (χ4v) is 0.981. The molecule has 2 nitrogen and oxygen atoms in total. The van der Waals surface area contributed by atoms with Crippen LogP contribution in [0.1, 0.15) is 17.3 Å². The Morgan fingerprint density at radius 3 is 2.33 bits per heavy atom. The van der Waals surface area contributed by atoms with Crippen molar-refractivity contribution < 1.29 is 9.90 Å². The quantitative estimate of drug-likeness (QED) is 0.713. The van der Waals surface area contributed by atoms with Crippen LogP contribution in [-0.4, -0.2) is 17.0 Å². The number of benzene rings is 1. The summed E-state index contributed by atoms with van der Waals surface area (Å²) in [4.78, 5) is 11.2. The maximum atomic E-state index is 11.2. The number of rotatable bonds is 2. The van der Waals surface area contributed by atoms with Gasteiger partial charge in [-0.25, -0.2) is 0 Å². The summed E-state index contributed by atoms with van der Waals surface area (Å²) in [6.07, 6.45) is -0.953. The molecule has 1 atom stereocenters. The fourth-order valence-electron chi connectivity index (χ4n) is 0.855. The van der Waals surface area contributed by atoms with Crippen LogP contribution in [-0.2, 0) is 0 Å². The molecule has 0 aliphatic carbocycles. The van der Waals surface area contributed by atoms with Crippen LogP contribution in [0.4, 0.5) is 0 Å². The molecule has 0 unspecified atom stereocenters. The van der Waals surface area contributed by atoms with Crippen LogP contribution >= 0.6 is 11.6 Å². The molecule has 1 rings (SSSR count). The van der Waals surface area contributed by atoms with E-state index in [-0.39, 0.29) is 5.78 Å². The number of hydrogen-bond donors (Lipinski definition) is 1. The van der Waals surface area contributed by atoms with Gasteiger partial charge in [0.1, 0.15) is 6.10 Å². The number of carbonyl (C=O) groups excluding carboxylic acids is 1. The number of hydrogen-bond acceptors (Lipinski definition) is 2. The summed E-state index contributed by atoms with van der Waals surface area (Å²) in [6, 6.07) is 6.43. The van der Waals surface area contributed by atoms with Gasteiger partial charge in [0.2, 0.25) is 0 Å². The van der Waals surface area contributed by atoms with Crippen molar-refractivity contribution in [3.05, 3.63) is 34.9 Å². The number of ketones is 1. The molecule has 0 aliphatic rings. The van der Waals surface area contributed by atoms with Crippen molar-refractivity contribution in [1.82, 2.24) is 0 Å². The Kier molecular flexibility index (Phi) is 2.84. The topological polar surface area (TPSA) is 37.3 Å². The van der Waals surface area contributed by atoms with Gasteiger partial charge in [-0.3, -0.25) is 4.79 Å². The van der Waals surface area contributed by atoms with Gasteiger partial charge in [0.15, 0.2) is 5.78 Å². The van der Waals surface area contributed by atoms with Crippen molar-refractivity contribution >= 4 is 17.4 Å². The lowest BCUT2D eigenvalue weighted by atomic mass is 10.1. The van der Waals surface area contributed by atoms with Gasteiger partial charge in [-0.05, 0) is 31.2 Å². The summed E-state index contributed by atoms with van der Waals surface area (Å²) in [6.45, 7) is 1.44. The molecule has 64 valence electrons. The van der Waals surface area contributed by atoms with Crippen LogP contribution in [0.5, 0.6) is 0 Å². The summed E-state index contributed by atoms with van der Waals surface area (Å²) >= 11 is 5.62. The van der Waals surface area contributed by atoms with Crippen molar-refractivity contribution in [1.29, 1.82) is 0 Å². The van der Waals surface area contributed by atoms with Crippen molar-refractivity contribution in [2.75, 3.05) is 0 Å². The third-order valence-corrected chi connectivity index (χ3v) is 1.76. The zero-order valence-corrected chi connectivity index (χ0v) is 7.38. The largest absolute Gasteiger partial charge is 0.385 e. The van der Waals surface area contributed by atoms with Crippen LogP contribution in [0.3, 0.4) is 0 Å². The minimum atomic E-state index is -0.953. The second-order valence-corrected chi connectivity index (χ2v) is 2.98. The van der Waals surface area contributed by atoms with Gasteiger partial charge < -0.3 is 5.11 Å². The van der Waals surface area contributed by atoms with E-state index in [2.05, 4.69) is 0 Å². The van der Waals surface area contributed by atoms with Gasteiger partial charge in [-0.2, -0.15) is 0 Å². The maximum Gasteiger partial charge on any atom is 0.190 e. The molecule has 3 heteroatoms. The number of carbonyl (C=O) groups is 1.